The topological polar surface area (TPSA) is 38.9 Å². The van der Waals surface area contributed by atoms with Crippen LogP contribution in [0.2, 0.25) is 5.02 Å². The van der Waals surface area contributed by atoms with Gasteiger partial charge in [0.2, 0.25) is 0 Å². The van der Waals surface area contributed by atoms with E-state index >= 15 is 0 Å². The molecule has 0 radical (unpaired) electrons. The molecule has 2 aromatic carbocycles. The number of fused-ring (bicyclic) bond motifs is 1. The number of anilines is 1. The SMILES string of the molecule is Nc1nc2ccccc2cc1CSc1ccc(Cl)cc1. The molecule has 0 unspecified atom stereocenters. The van der Waals surface area contributed by atoms with Crippen LogP contribution in [0, 0.1) is 0 Å². The van der Waals surface area contributed by atoms with Crippen molar-refractivity contribution in [3.05, 3.63) is 65.2 Å². The van der Waals surface area contributed by atoms with Gasteiger partial charge in [-0.1, -0.05) is 29.8 Å². The summed E-state index contributed by atoms with van der Waals surface area (Å²) >= 11 is 7.61. The number of rotatable bonds is 3. The van der Waals surface area contributed by atoms with E-state index in [1.54, 1.807) is 11.8 Å². The van der Waals surface area contributed by atoms with Crippen molar-refractivity contribution in [1.82, 2.24) is 4.98 Å². The maximum absolute atomic E-state index is 6.03. The molecule has 2 N–H and O–H groups in total. The minimum atomic E-state index is 0.602. The van der Waals surface area contributed by atoms with Crippen LogP contribution in [-0.4, -0.2) is 4.98 Å². The third kappa shape index (κ3) is 2.89. The second-order valence-corrected chi connectivity index (χ2v) is 5.95. The van der Waals surface area contributed by atoms with Gasteiger partial charge in [0.05, 0.1) is 5.52 Å². The smallest absolute Gasteiger partial charge is 0.128 e. The molecule has 0 saturated heterocycles. The Morgan fingerprint density at radius 3 is 2.60 bits per heavy atom. The fourth-order valence-electron chi connectivity index (χ4n) is 1.98. The Morgan fingerprint density at radius 2 is 1.80 bits per heavy atom. The molecule has 4 heteroatoms. The predicted molar refractivity (Wildman–Crippen MR) is 87.2 cm³/mol. The van der Waals surface area contributed by atoms with Crippen molar-refractivity contribution in [2.24, 2.45) is 0 Å². The van der Waals surface area contributed by atoms with E-state index in [0.29, 0.717) is 5.82 Å². The summed E-state index contributed by atoms with van der Waals surface area (Å²) in [4.78, 5) is 5.61. The van der Waals surface area contributed by atoms with Crippen molar-refractivity contribution < 1.29 is 0 Å². The lowest BCUT2D eigenvalue weighted by atomic mass is 10.1. The molecule has 1 aromatic heterocycles. The van der Waals surface area contributed by atoms with Crippen LogP contribution in [0.25, 0.3) is 10.9 Å². The molecule has 0 atom stereocenters. The summed E-state index contributed by atoms with van der Waals surface area (Å²) < 4.78 is 0. The third-order valence-corrected chi connectivity index (χ3v) is 4.36. The Hall–Kier alpha value is -1.71. The van der Waals surface area contributed by atoms with Gasteiger partial charge in [0.1, 0.15) is 5.82 Å². The van der Waals surface area contributed by atoms with Crippen molar-refractivity contribution in [2.45, 2.75) is 10.6 Å². The standard InChI is InChI=1S/C16H13ClN2S/c17-13-5-7-14(8-6-13)20-10-12-9-11-3-1-2-4-15(11)19-16(12)18/h1-9H,10H2,(H2,18,19). The van der Waals surface area contributed by atoms with Crippen molar-refractivity contribution in [3.63, 3.8) is 0 Å². The Kier molecular flexibility index (Phi) is 3.81. The lowest BCUT2D eigenvalue weighted by Gasteiger charge is -2.07. The number of halogens is 1. The van der Waals surface area contributed by atoms with E-state index in [9.17, 15) is 0 Å². The van der Waals surface area contributed by atoms with Crippen LogP contribution in [0.4, 0.5) is 5.82 Å². The zero-order valence-corrected chi connectivity index (χ0v) is 12.3. The lowest BCUT2D eigenvalue weighted by molar-refractivity contribution is 1.31. The van der Waals surface area contributed by atoms with E-state index in [0.717, 1.165) is 27.2 Å². The van der Waals surface area contributed by atoms with Gasteiger partial charge in [-0.25, -0.2) is 4.98 Å². The van der Waals surface area contributed by atoms with Crippen LogP contribution >= 0.6 is 23.4 Å². The zero-order chi connectivity index (χ0) is 13.9. The number of nitrogens with two attached hydrogens (primary N) is 1. The quantitative estimate of drug-likeness (QED) is 0.709. The molecule has 0 bridgehead atoms. The van der Waals surface area contributed by atoms with Gasteiger partial charge < -0.3 is 5.73 Å². The molecule has 3 rings (SSSR count). The second kappa shape index (κ2) is 5.73. The number of thioether (sulfide) groups is 1. The second-order valence-electron chi connectivity index (χ2n) is 4.47. The number of pyridine rings is 1. The molecule has 0 amide bonds. The van der Waals surface area contributed by atoms with Crippen molar-refractivity contribution in [1.29, 1.82) is 0 Å². The van der Waals surface area contributed by atoms with E-state index in [2.05, 4.69) is 17.1 Å². The van der Waals surface area contributed by atoms with Gasteiger partial charge in [-0.3, -0.25) is 0 Å². The number of hydrogen-bond acceptors (Lipinski definition) is 3. The highest BCUT2D eigenvalue weighted by molar-refractivity contribution is 7.98. The Morgan fingerprint density at radius 1 is 1.05 bits per heavy atom. The zero-order valence-electron chi connectivity index (χ0n) is 10.7. The summed E-state index contributed by atoms with van der Waals surface area (Å²) in [6.45, 7) is 0. The highest BCUT2D eigenvalue weighted by Crippen LogP contribution is 2.27. The molecule has 0 aliphatic rings. The van der Waals surface area contributed by atoms with Gasteiger partial charge in [-0.2, -0.15) is 0 Å². The summed E-state index contributed by atoms with van der Waals surface area (Å²) in [5, 5.41) is 1.87. The van der Waals surface area contributed by atoms with Crippen LogP contribution in [0.5, 0.6) is 0 Å². The van der Waals surface area contributed by atoms with Crippen LogP contribution in [-0.2, 0) is 5.75 Å². The van der Waals surface area contributed by atoms with Gasteiger partial charge in [0, 0.05) is 26.6 Å². The molecular formula is C16H13ClN2S. The van der Waals surface area contributed by atoms with Gasteiger partial charge in [0.15, 0.2) is 0 Å². The van der Waals surface area contributed by atoms with E-state index < -0.39 is 0 Å². The number of nitrogens with zero attached hydrogens (tertiary/aromatic N) is 1. The summed E-state index contributed by atoms with van der Waals surface area (Å²) in [7, 11) is 0. The maximum atomic E-state index is 6.03. The molecule has 2 nitrogen and oxygen atoms in total. The van der Waals surface area contributed by atoms with E-state index in [1.807, 2.05) is 42.5 Å². The lowest BCUT2D eigenvalue weighted by Crippen LogP contribution is -1.97. The molecule has 0 fully saturated rings. The van der Waals surface area contributed by atoms with Gasteiger partial charge in [-0.05, 0) is 36.4 Å². The molecular weight excluding hydrogens is 288 g/mol. The minimum Gasteiger partial charge on any atom is -0.383 e. The fraction of sp³-hybridized carbons (Fsp3) is 0.0625. The largest absolute Gasteiger partial charge is 0.383 e. The van der Waals surface area contributed by atoms with Gasteiger partial charge >= 0.3 is 0 Å². The molecule has 0 aliphatic carbocycles. The first kappa shape index (κ1) is 13.3. The molecule has 0 saturated carbocycles. The Bertz CT molecular complexity index is 741. The Balaban J connectivity index is 1.83. The number of para-hydroxylation sites is 1. The molecule has 1 heterocycles. The number of aromatic nitrogens is 1. The maximum Gasteiger partial charge on any atom is 0.128 e. The van der Waals surface area contributed by atoms with Crippen molar-refractivity contribution in [2.75, 3.05) is 5.73 Å². The van der Waals surface area contributed by atoms with Crippen LogP contribution in [0.1, 0.15) is 5.56 Å². The summed E-state index contributed by atoms with van der Waals surface area (Å²) in [6, 6.07) is 17.9. The molecule has 0 aliphatic heterocycles. The van der Waals surface area contributed by atoms with Gasteiger partial charge in [0.25, 0.3) is 0 Å². The third-order valence-electron chi connectivity index (χ3n) is 3.04. The van der Waals surface area contributed by atoms with Crippen molar-refractivity contribution >= 4 is 40.1 Å². The molecule has 3 aromatic rings. The van der Waals surface area contributed by atoms with E-state index in [-0.39, 0.29) is 0 Å². The highest BCUT2D eigenvalue weighted by atomic mass is 35.5. The Labute approximate surface area is 127 Å². The average molecular weight is 301 g/mol. The summed E-state index contributed by atoms with van der Waals surface area (Å²) in [6.07, 6.45) is 0. The fourth-order valence-corrected chi connectivity index (χ4v) is 2.99. The van der Waals surface area contributed by atoms with E-state index in [4.69, 9.17) is 17.3 Å². The van der Waals surface area contributed by atoms with E-state index in [1.165, 1.54) is 4.90 Å². The molecule has 20 heavy (non-hydrogen) atoms. The molecule has 100 valence electrons. The van der Waals surface area contributed by atoms with Crippen LogP contribution in [0.3, 0.4) is 0 Å². The number of hydrogen-bond donors (Lipinski definition) is 1. The monoisotopic (exact) mass is 300 g/mol. The first-order valence-electron chi connectivity index (χ1n) is 6.25. The van der Waals surface area contributed by atoms with Crippen molar-refractivity contribution in [3.8, 4) is 0 Å². The summed E-state index contributed by atoms with van der Waals surface area (Å²) in [5.41, 5.74) is 8.02. The predicted octanol–water partition coefficient (Wildman–Crippen LogP) is 4.76. The van der Waals surface area contributed by atoms with Crippen LogP contribution < -0.4 is 5.73 Å². The average Bonchev–Trinajstić information content (AvgIpc) is 2.47. The highest BCUT2D eigenvalue weighted by Gasteiger charge is 2.04. The summed E-state index contributed by atoms with van der Waals surface area (Å²) in [5.74, 6) is 1.40. The van der Waals surface area contributed by atoms with Crippen LogP contribution in [0.15, 0.2) is 59.5 Å². The minimum absolute atomic E-state index is 0.602. The number of nitrogen functional groups attached to an aromatic ring is 1. The first-order valence-corrected chi connectivity index (χ1v) is 7.61. The first-order chi connectivity index (χ1) is 9.72. The van der Waals surface area contributed by atoms with Gasteiger partial charge in [-0.15, -0.1) is 11.8 Å². The normalized spacial score (nSPS) is 10.8. The number of benzene rings is 2. The molecule has 0 spiro atoms.